The maximum Gasteiger partial charge on any atom is 0.280 e. The van der Waals surface area contributed by atoms with E-state index in [1.165, 1.54) is 6.33 Å². The maximum atomic E-state index is 11.4. The van der Waals surface area contributed by atoms with Crippen LogP contribution in [0, 0.1) is 0 Å². The number of nitrogens with zero attached hydrogens (tertiary/aromatic N) is 3. The number of hydrogen-bond donors (Lipinski definition) is 4. The quantitative estimate of drug-likeness (QED) is 0.477. The highest BCUT2D eigenvalue weighted by Gasteiger charge is 2.11. The molecule has 0 fully saturated rings. The van der Waals surface area contributed by atoms with Crippen LogP contribution in [0.2, 0.25) is 0 Å². The molecule has 0 saturated carbocycles. The number of imidazole rings is 1. The van der Waals surface area contributed by atoms with Crippen molar-refractivity contribution in [2.45, 2.75) is 12.6 Å². The largest absolute Gasteiger partial charge is 0.390 e. The Morgan fingerprint density at radius 1 is 1.62 bits per heavy atom. The van der Waals surface area contributed by atoms with Gasteiger partial charge >= 0.3 is 0 Å². The van der Waals surface area contributed by atoms with Crippen molar-refractivity contribution in [2.75, 3.05) is 12.3 Å². The minimum absolute atomic E-state index is 0.0153. The first-order valence-electron chi connectivity index (χ1n) is 4.70. The number of hydrogen-bond acceptors (Lipinski definition) is 6. The smallest absolute Gasteiger partial charge is 0.280 e. The third-order valence-electron chi connectivity index (χ3n) is 2.17. The fraction of sp³-hybridized carbons (Fsp3) is 0.375. The summed E-state index contributed by atoms with van der Waals surface area (Å²) >= 11 is 0. The first kappa shape index (κ1) is 10.6. The molecule has 0 aromatic carbocycles. The van der Waals surface area contributed by atoms with E-state index in [1.807, 2.05) is 0 Å². The van der Waals surface area contributed by atoms with Gasteiger partial charge in [0, 0.05) is 6.54 Å². The van der Waals surface area contributed by atoms with Crippen molar-refractivity contribution in [3.05, 3.63) is 16.7 Å². The van der Waals surface area contributed by atoms with Crippen molar-refractivity contribution in [3.63, 3.8) is 0 Å². The maximum absolute atomic E-state index is 11.4. The van der Waals surface area contributed by atoms with E-state index in [0.29, 0.717) is 5.65 Å². The van der Waals surface area contributed by atoms with Crippen LogP contribution in [-0.2, 0) is 6.54 Å². The molecule has 1 atom stereocenters. The molecule has 0 spiro atoms. The van der Waals surface area contributed by atoms with E-state index in [4.69, 9.17) is 11.5 Å². The number of aliphatic hydroxyl groups excluding tert-OH is 1. The highest BCUT2D eigenvalue weighted by molar-refractivity contribution is 5.70. The average Bonchev–Trinajstić information content (AvgIpc) is 2.61. The summed E-state index contributed by atoms with van der Waals surface area (Å²) in [6.45, 7) is 0.348. The van der Waals surface area contributed by atoms with Crippen LogP contribution < -0.4 is 17.0 Å². The molecule has 6 N–H and O–H groups in total. The molecule has 0 amide bonds. The fourth-order valence-electron chi connectivity index (χ4n) is 1.41. The van der Waals surface area contributed by atoms with Gasteiger partial charge in [0.15, 0.2) is 11.2 Å². The number of nitrogen functional groups attached to an aromatic ring is 1. The Bertz CT molecular complexity index is 559. The van der Waals surface area contributed by atoms with E-state index in [2.05, 4.69) is 15.0 Å². The zero-order chi connectivity index (χ0) is 11.7. The van der Waals surface area contributed by atoms with Crippen molar-refractivity contribution in [1.82, 2.24) is 19.5 Å². The van der Waals surface area contributed by atoms with E-state index in [9.17, 15) is 9.90 Å². The van der Waals surface area contributed by atoms with Crippen molar-refractivity contribution >= 4 is 17.1 Å². The van der Waals surface area contributed by atoms with Gasteiger partial charge in [0.2, 0.25) is 5.95 Å². The Morgan fingerprint density at radius 3 is 3.06 bits per heavy atom. The summed E-state index contributed by atoms with van der Waals surface area (Å²) in [6.07, 6.45) is 0.713. The standard InChI is InChI=1S/C8H12N6O2/c9-1-4(15)2-14-3-11-5-6(14)12-8(10)13-7(5)16/h3-4,15H,1-2,9H2,(H3,10,12,13,16). The molecule has 2 aromatic heterocycles. The van der Waals surface area contributed by atoms with Crippen LogP contribution in [0.25, 0.3) is 11.2 Å². The first-order chi connectivity index (χ1) is 7.61. The molecule has 0 aliphatic rings. The summed E-state index contributed by atoms with van der Waals surface area (Å²) in [5.41, 5.74) is 10.9. The molecular weight excluding hydrogens is 212 g/mol. The second kappa shape index (κ2) is 3.91. The van der Waals surface area contributed by atoms with Gasteiger partial charge in [-0.25, -0.2) is 4.98 Å². The number of anilines is 1. The summed E-state index contributed by atoms with van der Waals surface area (Å²) in [7, 11) is 0. The van der Waals surface area contributed by atoms with Crippen LogP contribution in [-0.4, -0.2) is 37.3 Å². The van der Waals surface area contributed by atoms with Gasteiger partial charge in [0.25, 0.3) is 5.56 Å². The third-order valence-corrected chi connectivity index (χ3v) is 2.17. The van der Waals surface area contributed by atoms with Crippen molar-refractivity contribution in [2.24, 2.45) is 5.73 Å². The van der Waals surface area contributed by atoms with Crippen LogP contribution in [0.1, 0.15) is 0 Å². The number of aromatic amines is 1. The molecule has 0 aliphatic heterocycles. The summed E-state index contributed by atoms with van der Waals surface area (Å²) in [5.74, 6) is 0.0153. The number of nitrogens with one attached hydrogen (secondary N) is 1. The van der Waals surface area contributed by atoms with Gasteiger partial charge in [0.05, 0.1) is 19.0 Å². The predicted octanol–water partition coefficient (Wildman–Crippen LogP) is -1.98. The molecule has 0 saturated heterocycles. The molecule has 0 aliphatic carbocycles. The summed E-state index contributed by atoms with van der Waals surface area (Å²) in [6, 6.07) is 0. The number of nitrogens with two attached hydrogens (primary N) is 2. The lowest BCUT2D eigenvalue weighted by molar-refractivity contribution is 0.163. The zero-order valence-electron chi connectivity index (χ0n) is 8.42. The van der Waals surface area contributed by atoms with Crippen molar-refractivity contribution in [1.29, 1.82) is 0 Å². The molecule has 16 heavy (non-hydrogen) atoms. The number of rotatable bonds is 3. The Balaban J connectivity index is 2.51. The topological polar surface area (TPSA) is 136 Å². The van der Waals surface area contributed by atoms with Gasteiger partial charge in [-0.1, -0.05) is 0 Å². The van der Waals surface area contributed by atoms with Crippen LogP contribution in [0.15, 0.2) is 11.1 Å². The Morgan fingerprint density at radius 2 is 2.38 bits per heavy atom. The second-order valence-electron chi connectivity index (χ2n) is 3.41. The van der Waals surface area contributed by atoms with Crippen LogP contribution in [0.4, 0.5) is 5.95 Å². The van der Waals surface area contributed by atoms with Gasteiger partial charge in [-0.15, -0.1) is 0 Å². The number of aromatic nitrogens is 4. The van der Waals surface area contributed by atoms with Gasteiger partial charge in [-0.2, -0.15) is 4.98 Å². The number of H-pyrrole nitrogens is 1. The highest BCUT2D eigenvalue weighted by atomic mass is 16.3. The predicted molar refractivity (Wildman–Crippen MR) is 57.6 cm³/mol. The molecule has 2 heterocycles. The molecule has 8 heteroatoms. The second-order valence-corrected chi connectivity index (χ2v) is 3.41. The fourth-order valence-corrected chi connectivity index (χ4v) is 1.41. The molecule has 2 aromatic rings. The first-order valence-corrected chi connectivity index (χ1v) is 4.70. The minimum atomic E-state index is -0.709. The molecule has 1 unspecified atom stereocenters. The molecule has 0 bridgehead atoms. The lowest BCUT2D eigenvalue weighted by Crippen LogP contribution is -2.25. The molecule has 86 valence electrons. The van der Waals surface area contributed by atoms with Crippen molar-refractivity contribution < 1.29 is 5.11 Å². The third kappa shape index (κ3) is 1.75. The lowest BCUT2D eigenvalue weighted by atomic mass is 10.3. The monoisotopic (exact) mass is 224 g/mol. The molecule has 8 nitrogen and oxygen atoms in total. The summed E-state index contributed by atoms with van der Waals surface area (Å²) in [4.78, 5) is 21.6. The van der Waals surface area contributed by atoms with Gasteiger partial charge in [-0.3, -0.25) is 9.78 Å². The Kier molecular flexibility index (Phi) is 2.59. The molecular formula is C8H12N6O2. The Hall–Kier alpha value is -1.93. The van der Waals surface area contributed by atoms with Gasteiger partial charge < -0.3 is 21.1 Å². The average molecular weight is 224 g/mol. The Labute approximate surface area is 89.9 Å². The van der Waals surface area contributed by atoms with Gasteiger partial charge in [0.1, 0.15) is 0 Å². The molecule has 2 rings (SSSR count). The van der Waals surface area contributed by atoms with E-state index in [1.54, 1.807) is 4.57 Å². The molecule has 0 radical (unpaired) electrons. The zero-order valence-corrected chi connectivity index (χ0v) is 8.42. The van der Waals surface area contributed by atoms with Crippen LogP contribution >= 0.6 is 0 Å². The normalized spacial score (nSPS) is 13.1. The van der Waals surface area contributed by atoms with E-state index < -0.39 is 11.7 Å². The number of fused-ring (bicyclic) bond motifs is 1. The SMILES string of the molecule is NCC(O)Cn1cnc2c(=O)[nH]c(N)nc21. The number of aliphatic hydroxyl groups is 1. The van der Waals surface area contributed by atoms with Crippen molar-refractivity contribution in [3.8, 4) is 0 Å². The lowest BCUT2D eigenvalue weighted by Gasteiger charge is -2.08. The van der Waals surface area contributed by atoms with Crippen LogP contribution in [0.3, 0.4) is 0 Å². The van der Waals surface area contributed by atoms with Gasteiger partial charge in [-0.05, 0) is 0 Å². The van der Waals surface area contributed by atoms with E-state index in [-0.39, 0.29) is 24.6 Å². The van der Waals surface area contributed by atoms with Crippen LogP contribution in [0.5, 0.6) is 0 Å². The summed E-state index contributed by atoms with van der Waals surface area (Å²) < 4.78 is 1.54. The highest BCUT2D eigenvalue weighted by Crippen LogP contribution is 2.06. The minimum Gasteiger partial charge on any atom is -0.390 e. The van der Waals surface area contributed by atoms with E-state index >= 15 is 0 Å². The van der Waals surface area contributed by atoms with E-state index in [0.717, 1.165) is 0 Å². The summed E-state index contributed by atoms with van der Waals surface area (Å²) in [5, 5.41) is 9.41.